The lowest BCUT2D eigenvalue weighted by atomic mass is 10.1. The van der Waals surface area contributed by atoms with E-state index in [1.165, 1.54) is 0 Å². The van der Waals surface area contributed by atoms with Crippen molar-refractivity contribution in [3.05, 3.63) is 29.8 Å². The Morgan fingerprint density at radius 2 is 2.11 bits per heavy atom. The largest absolute Gasteiger partial charge is 0.368 e. The molecule has 0 aromatic heterocycles. The summed E-state index contributed by atoms with van der Waals surface area (Å²) in [5.41, 5.74) is 1.38. The first kappa shape index (κ1) is 12.6. The van der Waals surface area contributed by atoms with Crippen molar-refractivity contribution in [1.82, 2.24) is 0 Å². The molecule has 1 aliphatic heterocycles. The molecule has 1 heterocycles. The Kier molecular flexibility index (Phi) is 3.96. The second-order valence-electron chi connectivity index (χ2n) is 4.41. The monoisotopic (exact) mass is 244 g/mol. The molecule has 0 aliphatic carbocycles. The highest BCUT2D eigenvalue weighted by atomic mass is 16.5. The summed E-state index contributed by atoms with van der Waals surface area (Å²) in [6.45, 7) is 0.664. The first-order valence-corrected chi connectivity index (χ1v) is 6.11. The maximum absolute atomic E-state index is 12.2. The van der Waals surface area contributed by atoms with Crippen LogP contribution in [0.5, 0.6) is 0 Å². The van der Waals surface area contributed by atoms with Crippen molar-refractivity contribution in [2.75, 3.05) is 18.6 Å². The normalized spacial score (nSPS) is 19.0. The lowest BCUT2D eigenvalue weighted by Gasteiger charge is -2.26. The molecule has 1 atom stereocenters. The molecule has 2 rings (SSSR count). The van der Waals surface area contributed by atoms with E-state index in [-0.39, 0.29) is 12.0 Å². The second-order valence-corrected chi connectivity index (χ2v) is 4.41. The Hall–Kier alpha value is -1.86. The van der Waals surface area contributed by atoms with Crippen LogP contribution in [-0.4, -0.2) is 25.7 Å². The molecule has 94 valence electrons. The smallest absolute Gasteiger partial charge is 0.255 e. The third kappa shape index (κ3) is 2.69. The number of carbonyl (C=O) groups excluding carboxylic acids is 1. The third-order valence-electron chi connectivity index (χ3n) is 3.17. The molecule has 1 fully saturated rings. The van der Waals surface area contributed by atoms with Gasteiger partial charge in [-0.05, 0) is 43.5 Å². The molecule has 1 aromatic rings. The van der Waals surface area contributed by atoms with Crippen molar-refractivity contribution in [2.24, 2.45) is 0 Å². The zero-order valence-electron chi connectivity index (χ0n) is 10.4. The number of amides is 1. The zero-order chi connectivity index (χ0) is 13.0. The van der Waals surface area contributed by atoms with Crippen molar-refractivity contribution in [2.45, 2.75) is 25.4 Å². The first-order chi connectivity index (χ1) is 8.72. The summed E-state index contributed by atoms with van der Waals surface area (Å²) in [7, 11) is 1.74. The van der Waals surface area contributed by atoms with E-state index in [4.69, 9.17) is 10.00 Å². The fourth-order valence-electron chi connectivity index (χ4n) is 2.04. The number of ether oxygens (including phenoxy) is 1. The molecule has 0 radical (unpaired) electrons. The number of likely N-dealkylation sites (N-methyl/N-ethyl adjacent to an activating group) is 1. The number of nitriles is 1. The summed E-state index contributed by atoms with van der Waals surface area (Å²) in [4.78, 5) is 13.8. The Balaban J connectivity index is 2.07. The Labute approximate surface area is 107 Å². The molecule has 1 aliphatic rings. The van der Waals surface area contributed by atoms with Gasteiger partial charge >= 0.3 is 0 Å². The number of nitrogens with zero attached hydrogens (tertiary/aromatic N) is 2. The fraction of sp³-hybridized carbons (Fsp3) is 0.429. The van der Waals surface area contributed by atoms with Gasteiger partial charge in [0.25, 0.3) is 5.91 Å². The van der Waals surface area contributed by atoms with Crippen molar-refractivity contribution >= 4 is 11.6 Å². The molecule has 4 heteroatoms. The zero-order valence-corrected chi connectivity index (χ0v) is 10.4. The van der Waals surface area contributed by atoms with Gasteiger partial charge in [0.1, 0.15) is 6.10 Å². The highest BCUT2D eigenvalue weighted by molar-refractivity contribution is 5.96. The summed E-state index contributed by atoms with van der Waals surface area (Å²) in [6.07, 6.45) is 2.54. The average Bonchev–Trinajstić information content (AvgIpc) is 2.47. The molecule has 18 heavy (non-hydrogen) atoms. The molecule has 0 bridgehead atoms. The van der Waals surface area contributed by atoms with E-state index >= 15 is 0 Å². The van der Waals surface area contributed by atoms with Gasteiger partial charge in [-0.25, -0.2) is 0 Å². The number of hydrogen-bond acceptors (Lipinski definition) is 3. The van der Waals surface area contributed by atoms with Crippen LogP contribution in [0, 0.1) is 11.3 Å². The Bertz CT molecular complexity index is 456. The van der Waals surface area contributed by atoms with Crippen LogP contribution in [0.1, 0.15) is 24.8 Å². The average molecular weight is 244 g/mol. The number of benzene rings is 1. The summed E-state index contributed by atoms with van der Waals surface area (Å²) >= 11 is 0. The molecule has 0 spiro atoms. The summed E-state index contributed by atoms with van der Waals surface area (Å²) in [6, 6.07) is 9.03. The first-order valence-electron chi connectivity index (χ1n) is 6.11. The quantitative estimate of drug-likeness (QED) is 0.800. The van der Waals surface area contributed by atoms with Crippen LogP contribution in [0.4, 0.5) is 5.69 Å². The molecular weight excluding hydrogens is 228 g/mol. The number of anilines is 1. The van der Waals surface area contributed by atoms with Gasteiger partial charge in [0, 0.05) is 19.3 Å². The second kappa shape index (κ2) is 5.65. The van der Waals surface area contributed by atoms with Crippen LogP contribution >= 0.6 is 0 Å². The molecule has 1 amide bonds. The van der Waals surface area contributed by atoms with Gasteiger partial charge in [0.15, 0.2) is 0 Å². The van der Waals surface area contributed by atoms with Gasteiger partial charge in [-0.15, -0.1) is 0 Å². The molecule has 0 N–H and O–H groups in total. The molecule has 0 saturated carbocycles. The van der Waals surface area contributed by atoms with Crippen LogP contribution in [-0.2, 0) is 9.53 Å². The van der Waals surface area contributed by atoms with Gasteiger partial charge in [0.2, 0.25) is 0 Å². The van der Waals surface area contributed by atoms with Gasteiger partial charge in [-0.2, -0.15) is 5.26 Å². The number of carbonyl (C=O) groups is 1. The van der Waals surface area contributed by atoms with Crippen LogP contribution in [0.15, 0.2) is 24.3 Å². The van der Waals surface area contributed by atoms with E-state index in [0.717, 1.165) is 24.9 Å². The molecule has 1 unspecified atom stereocenters. The minimum Gasteiger partial charge on any atom is -0.368 e. The lowest BCUT2D eigenvalue weighted by Crippen LogP contribution is -2.39. The van der Waals surface area contributed by atoms with Crippen LogP contribution in [0.3, 0.4) is 0 Å². The van der Waals surface area contributed by atoms with E-state index in [0.29, 0.717) is 12.2 Å². The third-order valence-corrected chi connectivity index (χ3v) is 3.17. The Morgan fingerprint density at radius 3 is 2.67 bits per heavy atom. The topological polar surface area (TPSA) is 53.3 Å². The predicted molar refractivity (Wildman–Crippen MR) is 68.2 cm³/mol. The summed E-state index contributed by atoms with van der Waals surface area (Å²) in [5, 5.41) is 8.73. The van der Waals surface area contributed by atoms with Crippen LogP contribution in [0.25, 0.3) is 0 Å². The lowest BCUT2D eigenvalue weighted by molar-refractivity contribution is -0.132. The van der Waals surface area contributed by atoms with Gasteiger partial charge in [-0.1, -0.05) is 0 Å². The van der Waals surface area contributed by atoms with Crippen molar-refractivity contribution < 1.29 is 9.53 Å². The van der Waals surface area contributed by atoms with Crippen molar-refractivity contribution in [3.63, 3.8) is 0 Å². The van der Waals surface area contributed by atoms with E-state index in [9.17, 15) is 4.79 Å². The highest BCUT2D eigenvalue weighted by Gasteiger charge is 2.25. The molecule has 4 nitrogen and oxygen atoms in total. The molecule has 1 saturated heterocycles. The summed E-state index contributed by atoms with van der Waals surface area (Å²) in [5.74, 6) is -0.0144. The minimum absolute atomic E-state index is 0.0144. The predicted octanol–water partition coefficient (Wildman–Crippen LogP) is 2.09. The van der Waals surface area contributed by atoms with E-state index in [1.807, 2.05) is 0 Å². The fourth-order valence-corrected chi connectivity index (χ4v) is 2.04. The van der Waals surface area contributed by atoms with Crippen LogP contribution < -0.4 is 4.90 Å². The van der Waals surface area contributed by atoms with Crippen molar-refractivity contribution in [1.29, 1.82) is 5.26 Å². The SMILES string of the molecule is CN(C(=O)C1CCCCO1)c1ccc(C#N)cc1. The Morgan fingerprint density at radius 1 is 1.39 bits per heavy atom. The van der Waals surface area contributed by atoms with Crippen molar-refractivity contribution in [3.8, 4) is 6.07 Å². The van der Waals surface area contributed by atoms with Gasteiger partial charge in [0.05, 0.1) is 11.6 Å². The maximum Gasteiger partial charge on any atom is 0.255 e. The summed E-state index contributed by atoms with van der Waals surface area (Å²) < 4.78 is 5.48. The highest BCUT2D eigenvalue weighted by Crippen LogP contribution is 2.19. The molecule has 1 aromatic carbocycles. The van der Waals surface area contributed by atoms with E-state index in [1.54, 1.807) is 36.2 Å². The molecular formula is C14H16N2O2. The number of rotatable bonds is 2. The number of hydrogen-bond donors (Lipinski definition) is 0. The van der Waals surface area contributed by atoms with Crippen LogP contribution in [0.2, 0.25) is 0 Å². The van der Waals surface area contributed by atoms with Gasteiger partial charge in [-0.3, -0.25) is 4.79 Å². The maximum atomic E-state index is 12.2. The van der Waals surface area contributed by atoms with E-state index < -0.39 is 0 Å². The van der Waals surface area contributed by atoms with E-state index in [2.05, 4.69) is 6.07 Å². The standard InChI is InChI=1S/C14H16N2O2/c1-16(12-7-5-11(10-15)6-8-12)14(17)13-4-2-3-9-18-13/h5-8,13H,2-4,9H2,1H3. The minimum atomic E-state index is -0.320. The van der Waals surface area contributed by atoms with Gasteiger partial charge < -0.3 is 9.64 Å².